The Morgan fingerprint density at radius 3 is 2.74 bits per heavy atom. The maximum absolute atomic E-state index is 12.4. The fourth-order valence-corrected chi connectivity index (χ4v) is 2.93. The summed E-state index contributed by atoms with van der Waals surface area (Å²) in [7, 11) is 0. The van der Waals surface area contributed by atoms with Gasteiger partial charge in [0.15, 0.2) is 0 Å². The Bertz CT molecular complexity index is 549. The van der Waals surface area contributed by atoms with E-state index in [0.29, 0.717) is 0 Å². The van der Waals surface area contributed by atoms with Gasteiger partial charge in [-0.05, 0) is 71.1 Å². The van der Waals surface area contributed by atoms with Gasteiger partial charge in [-0.15, -0.1) is 0 Å². The first-order chi connectivity index (χ1) is 10.8. The zero-order valence-corrected chi connectivity index (χ0v) is 15.1. The molecular weight excluding hydrogens is 288 g/mol. The van der Waals surface area contributed by atoms with Crippen molar-refractivity contribution >= 4 is 11.8 Å². The molecule has 0 aliphatic carbocycles. The van der Waals surface area contributed by atoms with Crippen molar-refractivity contribution in [2.24, 2.45) is 0 Å². The molecule has 0 aromatic heterocycles. The molecule has 1 unspecified atom stereocenters. The van der Waals surface area contributed by atoms with E-state index in [1.54, 1.807) is 0 Å². The number of rotatable bonds is 3. The molecule has 23 heavy (non-hydrogen) atoms. The van der Waals surface area contributed by atoms with Crippen molar-refractivity contribution < 1.29 is 9.53 Å². The van der Waals surface area contributed by atoms with Gasteiger partial charge in [0.1, 0.15) is 5.60 Å². The zero-order valence-electron chi connectivity index (χ0n) is 15.1. The van der Waals surface area contributed by atoms with Crippen molar-refractivity contribution in [3.05, 3.63) is 29.3 Å². The number of nitrogens with one attached hydrogen (secondary N) is 1. The van der Waals surface area contributed by atoms with Crippen LogP contribution in [0.5, 0.6) is 0 Å². The molecule has 0 bridgehead atoms. The monoisotopic (exact) mass is 318 g/mol. The molecule has 128 valence electrons. The Balaban J connectivity index is 2.01. The Morgan fingerprint density at radius 1 is 1.30 bits per heavy atom. The molecule has 1 fully saturated rings. The summed E-state index contributed by atoms with van der Waals surface area (Å²) in [6, 6.07) is 6.60. The minimum Gasteiger partial charge on any atom is -0.444 e. The molecule has 1 aliphatic rings. The molecule has 1 aromatic rings. The van der Waals surface area contributed by atoms with E-state index in [1.807, 2.05) is 25.7 Å². The number of anilines is 1. The highest BCUT2D eigenvalue weighted by Crippen LogP contribution is 2.22. The molecule has 1 N–H and O–H groups in total. The van der Waals surface area contributed by atoms with Gasteiger partial charge < -0.3 is 15.0 Å². The van der Waals surface area contributed by atoms with Crippen LogP contribution in [0.1, 0.15) is 51.2 Å². The number of hydrogen-bond acceptors (Lipinski definition) is 3. The van der Waals surface area contributed by atoms with Crippen LogP contribution in [0.25, 0.3) is 0 Å². The van der Waals surface area contributed by atoms with Gasteiger partial charge >= 0.3 is 6.09 Å². The van der Waals surface area contributed by atoms with E-state index in [4.69, 9.17) is 4.74 Å². The highest BCUT2D eigenvalue weighted by molar-refractivity contribution is 5.69. The number of carbonyl (C=O) groups excluding carboxylic acids is 1. The van der Waals surface area contributed by atoms with Crippen molar-refractivity contribution in [2.75, 3.05) is 18.4 Å². The molecule has 0 spiro atoms. The molecular formula is C19H30N2O2. The van der Waals surface area contributed by atoms with Crippen LogP contribution in [0.3, 0.4) is 0 Å². The summed E-state index contributed by atoms with van der Waals surface area (Å²) >= 11 is 0. The maximum atomic E-state index is 12.4. The maximum Gasteiger partial charge on any atom is 0.410 e. The molecule has 0 saturated carbocycles. The van der Waals surface area contributed by atoms with Crippen molar-refractivity contribution in [1.29, 1.82) is 0 Å². The molecule has 1 saturated heterocycles. The second kappa shape index (κ2) is 7.24. The highest BCUT2D eigenvalue weighted by atomic mass is 16.6. The lowest BCUT2D eigenvalue weighted by Gasteiger charge is -2.37. The summed E-state index contributed by atoms with van der Waals surface area (Å²) in [5.74, 6) is 0. The fraction of sp³-hybridized carbons (Fsp3) is 0.632. The minimum absolute atomic E-state index is 0.190. The number of benzene rings is 1. The molecule has 4 nitrogen and oxygen atoms in total. The number of ether oxygens (including phenoxy) is 1. The number of hydrogen-bond donors (Lipinski definition) is 1. The molecule has 2 rings (SSSR count). The van der Waals surface area contributed by atoms with Crippen LogP contribution >= 0.6 is 0 Å². The van der Waals surface area contributed by atoms with Crippen molar-refractivity contribution in [2.45, 2.75) is 65.5 Å². The predicted molar refractivity (Wildman–Crippen MR) is 95.0 cm³/mol. The zero-order chi connectivity index (χ0) is 17.0. The Kier molecular flexibility index (Phi) is 5.55. The van der Waals surface area contributed by atoms with Crippen LogP contribution in [0, 0.1) is 13.8 Å². The standard InChI is InChI=1S/C19H30N2O2/c1-14-9-10-15(2)17(12-14)20-13-16-8-6-7-11-21(16)18(22)23-19(3,4)5/h9-10,12,16,20H,6-8,11,13H2,1-5H3. The van der Waals surface area contributed by atoms with E-state index >= 15 is 0 Å². The van der Waals surface area contributed by atoms with E-state index in [1.165, 1.54) is 17.5 Å². The SMILES string of the molecule is Cc1ccc(C)c(NCC2CCCCN2C(=O)OC(C)(C)C)c1. The van der Waals surface area contributed by atoms with Gasteiger partial charge in [0, 0.05) is 18.8 Å². The van der Waals surface area contributed by atoms with Crippen molar-refractivity contribution in [1.82, 2.24) is 4.90 Å². The fourth-order valence-electron chi connectivity index (χ4n) is 2.93. The number of nitrogens with zero attached hydrogens (tertiary/aromatic N) is 1. The highest BCUT2D eigenvalue weighted by Gasteiger charge is 2.30. The molecule has 1 atom stereocenters. The minimum atomic E-state index is -0.445. The summed E-state index contributed by atoms with van der Waals surface area (Å²) in [6.45, 7) is 11.5. The summed E-state index contributed by atoms with van der Waals surface area (Å²) in [5, 5.41) is 3.52. The topological polar surface area (TPSA) is 41.6 Å². The van der Waals surface area contributed by atoms with E-state index < -0.39 is 5.60 Å². The van der Waals surface area contributed by atoms with Crippen molar-refractivity contribution in [3.63, 3.8) is 0 Å². The first-order valence-corrected chi connectivity index (χ1v) is 8.57. The quantitative estimate of drug-likeness (QED) is 0.892. The lowest BCUT2D eigenvalue weighted by Crippen LogP contribution is -2.48. The van der Waals surface area contributed by atoms with Gasteiger partial charge in [0.25, 0.3) is 0 Å². The Hall–Kier alpha value is -1.71. The van der Waals surface area contributed by atoms with Crippen molar-refractivity contribution in [3.8, 4) is 0 Å². The van der Waals surface area contributed by atoms with Crippen LogP contribution in [0.15, 0.2) is 18.2 Å². The lowest BCUT2D eigenvalue weighted by molar-refractivity contribution is 0.0114. The van der Waals surface area contributed by atoms with Gasteiger partial charge in [0.05, 0.1) is 6.04 Å². The van der Waals surface area contributed by atoms with E-state index in [2.05, 4.69) is 37.4 Å². The molecule has 4 heteroatoms. The average Bonchev–Trinajstić information content (AvgIpc) is 2.47. The van der Waals surface area contributed by atoms with Crippen LogP contribution in [-0.4, -0.2) is 35.7 Å². The largest absolute Gasteiger partial charge is 0.444 e. The summed E-state index contributed by atoms with van der Waals surface area (Å²) < 4.78 is 5.56. The molecule has 1 aromatic carbocycles. The number of aryl methyl sites for hydroxylation is 2. The van der Waals surface area contributed by atoms with Gasteiger partial charge in [-0.1, -0.05) is 12.1 Å². The first kappa shape index (κ1) is 17.6. The second-order valence-electron chi connectivity index (χ2n) is 7.52. The third-order valence-corrected chi connectivity index (χ3v) is 4.18. The van der Waals surface area contributed by atoms with Crippen LogP contribution in [-0.2, 0) is 4.74 Å². The smallest absolute Gasteiger partial charge is 0.410 e. The van der Waals surface area contributed by atoms with E-state index in [-0.39, 0.29) is 12.1 Å². The Labute approximate surface area is 140 Å². The molecule has 0 radical (unpaired) electrons. The van der Waals surface area contributed by atoms with Gasteiger partial charge in [-0.25, -0.2) is 4.79 Å². The van der Waals surface area contributed by atoms with Crippen LogP contribution in [0.2, 0.25) is 0 Å². The molecule has 1 aliphatic heterocycles. The predicted octanol–water partition coefficient (Wildman–Crippen LogP) is 4.50. The van der Waals surface area contributed by atoms with Gasteiger partial charge in [-0.2, -0.15) is 0 Å². The normalized spacial score (nSPS) is 18.7. The summed E-state index contributed by atoms with van der Waals surface area (Å²) in [5.41, 5.74) is 3.18. The third-order valence-electron chi connectivity index (χ3n) is 4.18. The van der Waals surface area contributed by atoms with Gasteiger partial charge in [0.2, 0.25) is 0 Å². The van der Waals surface area contributed by atoms with Gasteiger partial charge in [-0.3, -0.25) is 0 Å². The number of likely N-dealkylation sites (tertiary alicyclic amines) is 1. The number of amides is 1. The number of carbonyl (C=O) groups is 1. The molecule has 1 heterocycles. The molecule has 1 amide bonds. The van der Waals surface area contributed by atoms with E-state index in [9.17, 15) is 4.79 Å². The average molecular weight is 318 g/mol. The first-order valence-electron chi connectivity index (χ1n) is 8.57. The lowest BCUT2D eigenvalue weighted by atomic mass is 10.0. The van der Waals surface area contributed by atoms with Crippen LogP contribution in [0.4, 0.5) is 10.5 Å². The van der Waals surface area contributed by atoms with Crippen LogP contribution < -0.4 is 5.32 Å². The Morgan fingerprint density at radius 2 is 2.04 bits per heavy atom. The number of piperidine rings is 1. The second-order valence-corrected chi connectivity index (χ2v) is 7.52. The third kappa shape index (κ3) is 5.15. The summed E-state index contributed by atoms with van der Waals surface area (Å²) in [6.07, 6.45) is 3.05. The summed E-state index contributed by atoms with van der Waals surface area (Å²) in [4.78, 5) is 14.3. The van der Waals surface area contributed by atoms with E-state index in [0.717, 1.165) is 31.6 Å².